The summed E-state index contributed by atoms with van der Waals surface area (Å²) < 4.78 is 17.2. The summed E-state index contributed by atoms with van der Waals surface area (Å²) in [6.07, 6.45) is 2.76. The van der Waals surface area contributed by atoms with Crippen molar-refractivity contribution in [3.63, 3.8) is 0 Å². The smallest absolute Gasteiger partial charge is 0.338 e. The van der Waals surface area contributed by atoms with E-state index in [2.05, 4.69) is 13.8 Å². The Morgan fingerprint density at radius 2 is 1.97 bits per heavy atom. The molecule has 0 radical (unpaired) electrons. The Morgan fingerprint density at radius 1 is 1.24 bits per heavy atom. The van der Waals surface area contributed by atoms with Crippen LogP contribution in [0.1, 0.15) is 63.7 Å². The number of hydrogen-bond acceptors (Lipinski definition) is 6. The Hall–Kier alpha value is -1.79. The monoisotopic (exact) mass is 404 g/mol. The number of carbonyl (C=O) groups is 1. The van der Waals surface area contributed by atoms with Crippen LogP contribution in [0, 0.1) is 17.3 Å². The molecule has 6 nitrogen and oxygen atoms in total. The van der Waals surface area contributed by atoms with E-state index in [0.29, 0.717) is 18.4 Å². The van der Waals surface area contributed by atoms with Gasteiger partial charge >= 0.3 is 5.97 Å². The Labute approximate surface area is 172 Å². The summed E-state index contributed by atoms with van der Waals surface area (Å²) in [6, 6.07) is 4.43. The molecular weight excluding hydrogens is 372 g/mol. The van der Waals surface area contributed by atoms with Gasteiger partial charge in [-0.2, -0.15) is 0 Å². The SMILES string of the molecule is COc1cc(C(=O)O[C@@H]2C[C@]3(C)O[C@@H]3C[C@]3(C)CC[C@](O)(C(C)C)[C@H]23)ccc1O. The maximum Gasteiger partial charge on any atom is 0.338 e. The summed E-state index contributed by atoms with van der Waals surface area (Å²) in [5, 5.41) is 21.4. The molecule has 0 unspecified atom stereocenters. The van der Waals surface area contributed by atoms with Gasteiger partial charge in [0.1, 0.15) is 6.10 Å². The summed E-state index contributed by atoms with van der Waals surface area (Å²) >= 11 is 0. The minimum Gasteiger partial charge on any atom is -0.504 e. The van der Waals surface area contributed by atoms with Crippen LogP contribution in [-0.4, -0.2) is 46.7 Å². The molecule has 3 aliphatic rings. The molecule has 1 aromatic rings. The fourth-order valence-corrected chi connectivity index (χ4v) is 5.84. The number of benzene rings is 1. The lowest BCUT2D eigenvalue weighted by Crippen LogP contribution is -2.50. The summed E-state index contributed by atoms with van der Waals surface area (Å²) in [5.41, 5.74) is -1.01. The number of phenols is 1. The maximum absolute atomic E-state index is 13.0. The first-order valence-electron chi connectivity index (χ1n) is 10.5. The molecule has 6 atom stereocenters. The lowest BCUT2D eigenvalue weighted by Gasteiger charge is -2.44. The van der Waals surface area contributed by atoms with Crippen molar-refractivity contribution >= 4 is 5.97 Å². The molecular formula is C23H32O6. The van der Waals surface area contributed by atoms with Crippen LogP contribution in [0.2, 0.25) is 0 Å². The minimum absolute atomic E-state index is 0.0298. The first-order valence-corrected chi connectivity index (χ1v) is 10.5. The summed E-state index contributed by atoms with van der Waals surface area (Å²) in [7, 11) is 1.44. The highest BCUT2D eigenvalue weighted by molar-refractivity contribution is 5.90. The largest absolute Gasteiger partial charge is 0.504 e. The Morgan fingerprint density at radius 3 is 2.62 bits per heavy atom. The molecule has 0 bridgehead atoms. The number of phenolic OH excluding ortho intramolecular Hbond substituents is 1. The molecule has 3 fully saturated rings. The predicted octanol–water partition coefficient (Wildman–Crippen LogP) is 3.68. The van der Waals surface area contributed by atoms with Gasteiger partial charge in [0.25, 0.3) is 0 Å². The summed E-state index contributed by atoms with van der Waals surface area (Å²) in [5.74, 6) is -0.366. The first kappa shape index (κ1) is 20.5. The van der Waals surface area contributed by atoms with Crippen LogP contribution < -0.4 is 4.74 Å². The molecule has 4 rings (SSSR count). The number of hydrogen-bond donors (Lipinski definition) is 2. The van der Waals surface area contributed by atoms with Crippen molar-refractivity contribution in [2.45, 2.75) is 76.8 Å². The number of carbonyl (C=O) groups excluding carboxylic acids is 1. The zero-order valence-electron chi connectivity index (χ0n) is 17.9. The van der Waals surface area contributed by atoms with Crippen molar-refractivity contribution in [2.75, 3.05) is 7.11 Å². The topological polar surface area (TPSA) is 88.5 Å². The van der Waals surface area contributed by atoms with E-state index in [1.54, 1.807) is 0 Å². The zero-order valence-corrected chi connectivity index (χ0v) is 17.9. The maximum atomic E-state index is 13.0. The van der Waals surface area contributed by atoms with Gasteiger partial charge in [0.2, 0.25) is 0 Å². The number of rotatable bonds is 4. The number of aliphatic hydroxyl groups is 1. The molecule has 0 aromatic heterocycles. The fourth-order valence-electron chi connectivity index (χ4n) is 5.84. The number of epoxide rings is 1. The van der Waals surface area contributed by atoms with Gasteiger partial charge in [0.15, 0.2) is 11.5 Å². The molecule has 160 valence electrons. The second-order valence-corrected chi connectivity index (χ2v) is 9.94. The van der Waals surface area contributed by atoms with E-state index in [0.717, 1.165) is 12.8 Å². The van der Waals surface area contributed by atoms with Crippen LogP contribution in [0.5, 0.6) is 11.5 Å². The van der Waals surface area contributed by atoms with Gasteiger partial charge in [-0.25, -0.2) is 4.79 Å². The lowest BCUT2D eigenvalue weighted by atomic mass is 9.67. The second-order valence-electron chi connectivity index (χ2n) is 9.94. The third-order valence-corrected chi connectivity index (χ3v) is 7.72. The zero-order chi connectivity index (χ0) is 21.2. The van der Waals surface area contributed by atoms with Crippen molar-refractivity contribution in [2.24, 2.45) is 17.3 Å². The van der Waals surface area contributed by atoms with Crippen molar-refractivity contribution in [3.8, 4) is 11.5 Å². The van der Waals surface area contributed by atoms with Crippen molar-refractivity contribution in [1.82, 2.24) is 0 Å². The molecule has 0 amide bonds. The number of methoxy groups -OCH3 is 1. The van der Waals surface area contributed by atoms with Crippen LogP contribution >= 0.6 is 0 Å². The molecule has 2 saturated carbocycles. The number of aromatic hydroxyl groups is 1. The normalized spacial score (nSPS) is 40.7. The Kier molecular flexibility index (Phi) is 4.67. The molecule has 1 aromatic carbocycles. The Balaban J connectivity index is 1.67. The molecule has 1 heterocycles. The van der Waals surface area contributed by atoms with E-state index in [1.807, 2.05) is 13.8 Å². The second kappa shape index (κ2) is 6.61. The van der Waals surface area contributed by atoms with Gasteiger partial charge in [-0.1, -0.05) is 20.8 Å². The molecule has 1 aliphatic heterocycles. The van der Waals surface area contributed by atoms with E-state index in [9.17, 15) is 15.0 Å². The summed E-state index contributed by atoms with van der Waals surface area (Å²) in [4.78, 5) is 13.0. The third-order valence-electron chi connectivity index (χ3n) is 7.72. The predicted molar refractivity (Wildman–Crippen MR) is 107 cm³/mol. The van der Waals surface area contributed by atoms with E-state index in [1.165, 1.54) is 25.3 Å². The van der Waals surface area contributed by atoms with Gasteiger partial charge in [0.05, 0.1) is 30.0 Å². The van der Waals surface area contributed by atoms with Crippen LogP contribution in [0.4, 0.5) is 0 Å². The van der Waals surface area contributed by atoms with E-state index in [4.69, 9.17) is 14.2 Å². The fraction of sp³-hybridized carbons (Fsp3) is 0.696. The van der Waals surface area contributed by atoms with Gasteiger partial charge in [0, 0.05) is 12.3 Å². The molecule has 29 heavy (non-hydrogen) atoms. The van der Waals surface area contributed by atoms with Crippen molar-refractivity contribution < 1.29 is 29.2 Å². The van der Waals surface area contributed by atoms with Gasteiger partial charge in [-0.3, -0.25) is 0 Å². The van der Waals surface area contributed by atoms with Gasteiger partial charge in [-0.15, -0.1) is 0 Å². The van der Waals surface area contributed by atoms with Crippen LogP contribution in [0.3, 0.4) is 0 Å². The van der Waals surface area contributed by atoms with E-state index >= 15 is 0 Å². The van der Waals surface area contributed by atoms with Crippen LogP contribution in [0.15, 0.2) is 18.2 Å². The van der Waals surface area contributed by atoms with Crippen molar-refractivity contribution in [1.29, 1.82) is 0 Å². The van der Waals surface area contributed by atoms with Crippen LogP contribution in [0.25, 0.3) is 0 Å². The average Bonchev–Trinajstić information content (AvgIpc) is 3.19. The quantitative estimate of drug-likeness (QED) is 0.588. The highest BCUT2D eigenvalue weighted by Gasteiger charge is 2.68. The van der Waals surface area contributed by atoms with Crippen LogP contribution in [-0.2, 0) is 9.47 Å². The first-order chi connectivity index (χ1) is 13.5. The van der Waals surface area contributed by atoms with Gasteiger partial charge < -0.3 is 24.4 Å². The lowest BCUT2D eigenvalue weighted by molar-refractivity contribution is -0.120. The molecule has 1 saturated heterocycles. The third kappa shape index (κ3) is 3.21. The number of esters is 1. The van der Waals surface area contributed by atoms with E-state index in [-0.39, 0.29) is 40.5 Å². The summed E-state index contributed by atoms with van der Waals surface area (Å²) in [6.45, 7) is 8.36. The molecule has 2 aliphatic carbocycles. The molecule has 0 spiro atoms. The number of fused-ring (bicyclic) bond motifs is 2. The highest BCUT2D eigenvalue weighted by Crippen LogP contribution is 2.63. The number of ether oxygens (including phenoxy) is 3. The highest BCUT2D eigenvalue weighted by atomic mass is 16.6. The van der Waals surface area contributed by atoms with Crippen molar-refractivity contribution in [3.05, 3.63) is 23.8 Å². The average molecular weight is 405 g/mol. The molecule has 6 heteroatoms. The van der Waals surface area contributed by atoms with E-state index < -0.39 is 17.7 Å². The molecule has 2 N–H and O–H groups in total. The Bertz CT molecular complexity index is 822. The van der Waals surface area contributed by atoms with Gasteiger partial charge in [-0.05, 0) is 55.7 Å². The minimum atomic E-state index is -0.876. The standard InChI is InChI=1S/C23H32O6/c1-13(2)23(26)9-8-21(3)12-18-22(4,29-18)11-17(19(21)23)28-20(25)14-6-7-15(24)16(10-14)27-5/h6-7,10,13,17-19,24,26H,8-9,11-12H2,1-5H3/t17-,18-,19-,21+,22+,23+/m1/s1.